The number of guanidine groups is 1. The van der Waals surface area contributed by atoms with Gasteiger partial charge in [0, 0.05) is 46.9 Å². The van der Waals surface area contributed by atoms with Crippen LogP contribution < -0.4 is 10.6 Å². The van der Waals surface area contributed by atoms with Gasteiger partial charge in [0.1, 0.15) is 0 Å². The van der Waals surface area contributed by atoms with Gasteiger partial charge < -0.3 is 20.3 Å². The van der Waals surface area contributed by atoms with Crippen LogP contribution >= 0.6 is 24.0 Å². The number of aryl methyl sites for hydroxylation is 1. The van der Waals surface area contributed by atoms with E-state index in [1.54, 1.807) is 7.11 Å². The number of nitrogens with zero attached hydrogens (tertiary/aromatic N) is 2. The second kappa shape index (κ2) is 14.5. The zero-order valence-corrected chi connectivity index (χ0v) is 17.8. The van der Waals surface area contributed by atoms with Crippen molar-refractivity contribution in [2.45, 2.75) is 19.8 Å². The summed E-state index contributed by atoms with van der Waals surface area (Å²) in [6.07, 6.45) is 2.06. The molecule has 1 aromatic carbocycles. The molecule has 6 heteroatoms. The van der Waals surface area contributed by atoms with Crippen LogP contribution in [-0.4, -0.2) is 64.9 Å². The molecule has 0 aliphatic rings. The Morgan fingerprint density at radius 1 is 1.12 bits per heavy atom. The predicted molar refractivity (Wildman–Crippen MR) is 114 cm³/mol. The molecule has 0 amide bonds. The van der Waals surface area contributed by atoms with Crippen LogP contribution in [0.25, 0.3) is 0 Å². The highest BCUT2D eigenvalue weighted by Crippen LogP contribution is 2.02. The lowest BCUT2D eigenvalue weighted by Gasteiger charge is -2.18. The van der Waals surface area contributed by atoms with E-state index in [1.165, 1.54) is 11.1 Å². The van der Waals surface area contributed by atoms with Crippen LogP contribution in [0.5, 0.6) is 0 Å². The van der Waals surface area contributed by atoms with Crippen LogP contribution in [0.4, 0.5) is 0 Å². The van der Waals surface area contributed by atoms with Crippen molar-refractivity contribution in [1.82, 2.24) is 15.5 Å². The zero-order chi connectivity index (χ0) is 16.9. The van der Waals surface area contributed by atoms with Crippen LogP contribution in [0.15, 0.2) is 29.3 Å². The number of hydrogen-bond donors (Lipinski definition) is 2. The van der Waals surface area contributed by atoms with Crippen molar-refractivity contribution in [2.24, 2.45) is 4.99 Å². The summed E-state index contributed by atoms with van der Waals surface area (Å²) in [5.74, 6) is 0.863. The van der Waals surface area contributed by atoms with Gasteiger partial charge in [0.05, 0.1) is 0 Å². The molecule has 24 heavy (non-hydrogen) atoms. The average molecular weight is 448 g/mol. The van der Waals surface area contributed by atoms with Crippen molar-refractivity contribution in [1.29, 1.82) is 0 Å². The molecule has 0 heterocycles. The summed E-state index contributed by atoms with van der Waals surface area (Å²) in [5, 5.41) is 6.71. The quantitative estimate of drug-likeness (QED) is 0.250. The first-order chi connectivity index (χ1) is 11.2. The third kappa shape index (κ3) is 10.8. The van der Waals surface area contributed by atoms with Crippen LogP contribution in [0.1, 0.15) is 17.5 Å². The van der Waals surface area contributed by atoms with Crippen LogP contribution in [0, 0.1) is 6.92 Å². The summed E-state index contributed by atoms with van der Waals surface area (Å²) in [4.78, 5) is 6.56. The highest BCUT2D eigenvalue weighted by atomic mass is 127. The van der Waals surface area contributed by atoms with Gasteiger partial charge in [-0.15, -0.1) is 24.0 Å². The van der Waals surface area contributed by atoms with E-state index >= 15 is 0 Å². The lowest BCUT2D eigenvalue weighted by Crippen LogP contribution is -2.41. The lowest BCUT2D eigenvalue weighted by atomic mass is 10.1. The molecule has 2 N–H and O–H groups in total. The number of hydrogen-bond acceptors (Lipinski definition) is 3. The highest BCUT2D eigenvalue weighted by Gasteiger charge is 2.00. The van der Waals surface area contributed by atoms with E-state index in [2.05, 4.69) is 58.8 Å². The highest BCUT2D eigenvalue weighted by molar-refractivity contribution is 14.0. The number of methoxy groups -OCH3 is 1. The van der Waals surface area contributed by atoms with Gasteiger partial charge in [-0.25, -0.2) is 0 Å². The Hall–Kier alpha value is -0.860. The van der Waals surface area contributed by atoms with E-state index in [0.29, 0.717) is 0 Å². The second-order valence-corrected chi connectivity index (χ2v) is 5.81. The third-order valence-electron chi connectivity index (χ3n) is 3.72. The first-order valence-corrected chi connectivity index (χ1v) is 8.33. The van der Waals surface area contributed by atoms with Crippen molar-refractivity contribution in [3.05, 3.63) is 35.4 Å². The van der Waals surface area contributed by atoms with E-state index in [1.807, 2.05) is 7.05 Å². The molecule has 0 aliphatic heterocycles. The number of aliphatic imine (C=N–C) groups is 1. The number of rotatable bonds is 10. The van der Waals surface area contributed by atoms with Gasteiger partial charge in [-0.2, -0.15) is 0 Å². The molecule has 0 radical (unpaired) electrons. The third-order valence-corrected chi connectivity index (χ3v) is 3.72. The SMILES string of the molecule is CN=C(NCCc1ccc(C)cc1)NCCN(C)CCCOC.I. The van der Waals surface area contributed by atoms with Gasteiger partial charge in [0.25, 0.3) is 0 Å². The zero-order valence-electron chi connectivity index (χ0n) is 15.5. The molecule has 1 rings (SSSR count). The fraction of sp³-hybridized carbons (Fsp3) is 0.611. The molecule has 0 spiro atoms. The lowest BCUT2D eigenvalue weighted by molar-refractivity contribution is 0.180. The molecule has 5 nitrogen and oxygen atoms in total. The minimum Gasteiger partial charge on any atom is -0.385 e. The average Bonchev–Trinajstić information content (AvgIpc) is 2.55. The number of nitrogens with one attached hydrogen (secondary N) is 2. The molecule has 0 aromatic heterocycles. The van der Waals surface area contributed by atoms with E-state index < -0.39 is 0 Å². The fourth-order valence-corrected chi connectivity index (χ4v) is 2.26. The maximum absolute atomic E-state index is 5.07. The minimum atomic E-state index is 0. The molecule has 138 valence electrons. The maximum atomic E-state index is 5.07. The Morgan fingerprint density at radius 2 is 1.79 bits per heavy atom. The Labute approximate surface area is 164 Å². The number of halogens is 1. The molecule has 0 saturated heterocycles. The van der Waals surface area contributed by atoms with Crippen molar-refractivity contribution < 1.29 is 4.74 Å². The standard InChI is InChI=1S/C18H32N4O.HI/c1-16-6-8-17(9-7-16)10-11-20-18(19-2)21-12-14-22(3)13-5-15-23-4;/h6-9H,5,10-15H2,1-4H3,(H2,19,20,21);1H. The Morgan fingerprint density at radius 3 is 2.42 bits per heavy atom. The van der Waals surface area contributed by atoms with Gasteiger partial charge in [-0.1, -0.05) is 29.8 Å². The van der Waals surface area contributed by atoms with E-state index in [4.69, 9.17) is 4.74 Å². The van der Waals surface area contributed by atoms with Gasteiger partial charge in [0.2, 0.25) is 0 Å². The molecule has 0 fully saturated rings. The maximum Gasteiger partial charge on any atom is 0.191 e. The summed E-state index contributed by atoms with van der Waals surface area (Å²) in [5.41, 5.74) is 2.64. The first-order valence-electron chi connectivity index (χ1n) is 8.33. The van der Waals surface area contributed by atoms with E-state index in [-0.39, 0.29) is 24.0 Å². The molecule has 0 bridgehead atoms. The van der Waals surface area contributed by atoms with E-state index in [0.717, 1.165) is 51.6 Å². The summed E-state index contributed by atoms with van der Waals surface area (Å²) in [6.45, 7) is 6.73. The number of likely N-dealkylation sites (N-methyl/N-ethyl adjacent to an activating group) is 1. The largest absolute Gasteiger partial charge is 0.385 e. The van der Waals surface area contributed by atoms with Crippen molar-refractivity contribution in [3.63, 3.8) is 0 Å². The Kier molecular flexibility index (Phi) is 14.0. The summed E-state index contributed by atoms with van der Waals surface area (Å²) < 4.78 is 5.07. The van der Waals surface area contributed by atoms with Gasteiger partial charge in [0.15, 0.2) is 5.96 Å². The van der Waals surface area contributed by atoms with E-state index in [9.17, 15) is 0 Å². The predicted octanol–water partition coefficient (Wildman–Crippen LogP) is 2.29. The molecule has 1 aromatic rings. The molecule has 0 atom stereocenters. The van der Waals surface area contributed by atoms with Gasteiger partial charge >= 0.3 is 0 Å². The Bertz CT molecular complexity index is 451. The normalized spacial score (nSPS) is 11.3. The van der Waals surface area contributed by atoms with Crippen LogP contribution in [-0.2, 0) is 11.2 Å². The van der Waals surface area contributed by atoms with Crippen molar-refractivity contribution in [2.75, 3.05) is 54.0 Å². The molecule has 0 saturated carbocycles. The van der Waals surface area contributed by atoms with Gasteiger partial charge in [-0.3, -0.25) is 4.99 Å². The summed E-state index contributed by atoms with van der Waals surface area (Å²) >= 11 is 0. The van der Waals surface area contributed by atoms with Crippen LogP contribution in [0.3, 0.4) is 0 Å². The summed E-state index contributed by atoms with van der Waals surface area (Å²) in [6, 6.07) is 8.67. The molecule has 0 aliphatic carbocycles. The second-order valence-electron chi connectivity index (χ2n) is 5.81. The monoisotopic (exact) mass is 448 g/mol. The van der Waals surface area contributed by atoms with Crippen molar-refractivity contribution in [3.8, 4) is 0 Å². The smallest absolute Gasteiger partial charge is 0.191 e. The fourth-order valence-electron chi connectivity index (χ4n) is 2.26. The minimum absolute atomic E-state index is 0. The topological polar surface area (TPSA) is 48.9 Å². The number of benzene rings is 1. The Balaban J connectivity index is 0.00000529. The summed E-state index contributed by atoms with van der Waals surface area (Å²) in [7, 11) is 5.68. The molecular weight excluding hydrogens is 415 g/mol. The first kappa shape index (κ1) is 23.1. The van der Waals surface area contributed by atoms with Crippen molar-refractivity contribution >= 4 is 29.9 Å². The molecule has 0 unspecified atom stereocenters. The van der Waals surface area contributed by atoms with Gasteiger partial charge in [-0.05, 0) is 32.4 Å². The van der Waals surface area contributed by atoms with Crippen LogP contribution in [0.2, 0.25) is 0 Å². The molecular formula is C18H33IN4O. The number of ether oxygens (including phenoxy) is 1.